The van der Waals surface area contributed by atoms with Gasteiger partial charge < -0.3 is 5.73 Å². The van der Waals surface area contributed by atoms with E-state index in [2.05, 4.69) is 28.1 Å². The lowest BCUT2D eigenvalue weighted by Crippen LogP contribution is -2.21. The molecule has 128 valence electrons. The first-order valence-corrected chi connectivity index (χ1v) is 9.98. The Bertz CT molecular complexity index is 872. The van der Waals surface area contributed by atoms with E-state index < -0.39 is 0 Å². The minimum atomic E-state index is -0.334. The molecule has 1 aliphatic heterocycles. The van der Waals surface area contributed by atoms with E-state index in [1.165, 1.54) is 32.4 Å². The highest BCUT2D eigenvalue weighted by atomic mass is 32.1. The summed E-state index contributed by atoms with van der Waals surface area (Å²) >= 11 is 3.34. The standard InChI is InChI=1S/C19H19N3OS2/c20-19(23)18-9-8-17(25-18)15-5-3-11-22(15)12-13-6-7-16(24-13)14-4-1-2-10-21-14/h1-2,4,6-10,15H,3,5,11-12H2,(H2,20,23). The van der Waals surface area contributed by atoms with Gasteiger partial charge in [-0.1, -0.05) is 6.07 Å². The Hall–Kier alpha value is -2.02. The highest BCUT2D eigenvalue weighted by molar-refractivity contribution is 7.15. The molecular formula is C19H19N3OS2. The molecule has 0 bridgehead atoms. The molecule has 0 aliphatic carbocycles. The fourth-order valence-corrected chi connectivity index (χ4v) is 5.35. The van der Waals surface area contributed by atoms with E-state index in [1.807, 2.05) is 30.5 Å². The number of nitrogens with zero attached hydrogens (tertiary/aromatic N) is 2. The predicted octanol–water partition coefficient (Wildman–Crippen LogP) is 4.31. The molecule has 4 nitrogen and oxygen atoms in total. The average Bonchev–Trinajstić information content (AvgIpc) is 3.36. The second-order valence-electron chi connectivity index (χ2n) is 6.18. The number of aromatic nitrogens is 1. The van der Waals surface area contributed by atoms with Crippen LogP contribution in [0.15, 0.2) is 48.7 Å². The van der Waals surface area contributed by atoms with E-state index in [-0.39, 0.29) is 5.91 Å². The summed E-state index contributed by atoms with van der Waals surface area (Å²) in [5, 5.41) is 0. The summed E-state index contributed by atoms with van der Waals surface area (Å²) in [5.41, 5.74) is 6.42. The van der Waals surface area contributed by atoms with Crippen molar-refractivity contribution in [2.45, 2.75) is 25.4 Å². The van der Waals surface area contributed by atoms with Crippen molar-refractivity contribution in [1.82, 2.24) is 9.88 Å². The number of carbonyl (C=O) groups excluding carboxylic acids is 1. The van der Waals surface area contributed by atoms with E-state index in [0.717, 1.165) is 25.2 Å². The zero-order valence-electron chi connectivity index (χ0n) is 13.7. The first kappa shape index (κ1) is 16.4. The third-order valence-corrected chi connectivity index (χ3v) is 6.79. The lowest BCUT2D eigenvalue weighted by molar-refractivity contribution is 0.100. The first-order valence-electron chi connectivity index (χ1n) is 8.34. The maximum absolute atomic E-state index is 11.4. The number of hydrogen-bond acceptors (Lipinski definition) is 5. The zero-order chi connectivity index (χ0) is 17.2. The molecule has 1 fully saturated rings. The Labute approximate surface area is 154 Å². The molecule has 1 unspecified atom stereocenters. The molecular weight excluding hydrogens is 350 g/mol. The van der Waals surface area contributed by atoms with Crippen molar-refractivity contribution >= 4 is 28.6 Å². The lowest BCUT2D eigenvalue weighted by Gasteiger charge is -2.22. The highest BCUT2D eigenvalue weighted by Crippen LogP contribution is 2.38. The molecule has 0 aromatic carbocycles. The van der Waals surface area contributed by atoms with Gasteiger partial charge in [0.1, 0.15) is 0 Å². The number of hydrogen-bond donors (Lipinski definition) is 1. The topological polar surface area (TPSA) is 59.2 Å². The number of carbonyl (C=O) groups is 1. The van der Waals surface area contributed by atoms with Crippen LogP contribution in [-0.2, 0) is 6.54 Å². The molecule has 0 radical (unpaired) electrons. The largest absolute Gasteiger partial charge is 0.365 e. The molecule has 4 heterocycles. The van der Waals surface area contributed by atoms with E-state index >= 15 is 0 Å². The van der Waals surface area contributed by atoms with Gasteiger partial charge in [0.05, 0.1) is 15.4 Å². The van der Waals surface area contributed by atoms with Crippen LogP contribution < -0.4 is 5.73 Å². The Morgan fingerprint density at radius 3 is 2.88 bits per heavy atom. The molecule has 6 heteroatoms. The third kappa shape index (κ3) is 3.51. The van der Waals surface area contributed by atoms with Crippen LogP contribution >= 0.6 is 22.7 Å². The number of pyridine rings is 1. The van der Waals surface area contributed by atoms with Gasteiger partial charge in [-0.15, -0.1) is 22.7 Å². The van der Waals surface area contributed by atoms with Crippen LogP contribution in [0.1, 0.15) is 38.3 Å². The molecule has 2 N–H and O–H groups in total. The van der Waals surface area contributed by atoms with Crippen LogP contribution in [-0.4, -0.2) is 22.3 Å². The minimum Gasteiger partial charge on any atom is -0.365 e. The van der Waals surface area contributed by atoms with Crippen LogP contribution in [0.3, 0.4) is 0 Å². The molecule has 1 saturated heterocycles. The van der Waals surface area contributed by atoms with Gasteiger partial charge in [0.15, 0.2) is 0 Å². The van der Waals surface area contributed by atoms with Crippen LogP contribution in [0.25, 0.3) is 10.6 Å². The second kappa shape index (κ2) is 7.07. The van der Waals surface area contributed by atoms with Crippen molar-refractivity contribution < 1.29 is 4.79 Å². The molecule has 3 aromatic heterocycles. The van der Waals surface area contributed by atoms with E-state index in [1.54, 1.807) is 11.3 Å². The van der Waals surface area contributed by atoms with Gasteiger partial charge in [0.2, 0.25) is 0 Å². The minimum absolute atomic E-state index is 0.334. The van der Waals surface area contributed by atoms with Crippen molar-refractivity contribution in [2.75, 3.05) is 6.54 Å². The van der Waals surface area contributed by atoms with Gasteiger partial charge in [-0.3, -0.25) is 14.7 Å². The first-order chi connectivity index (χ1) is 12.2. The Balaban J connectivity index is 1.50. The molecule has 1 atom stereocenters. The molecule has 3 aromatic rings. The van der Waals surface area contributed by atoms with Gasteiger partial charge in [-0.2, -0.15) is 0 Å². The monoisotopic (exact) mass is 369 g/mol. The van der Waals surface area contributed by atoms with Crippen LogP contribution in [0.4, 0.5) is 0 Å². The molecule has 1 amide bonds. The van der Waals surface area contributed by atoms with Gasteiger partial charge >= 0.3 is 0 Å². The van der Waals surface area contributed by atoms with Gasteiger partial charge in [0, 0.05) is 28.5 Å². The SMILES string of the molecule is NC(=O)c1ccc(C2CCCN2Cc2ccc(-c3ccccn3)s2)s1. The predicted molar refractivity (Wildman–Crippen MR) is 103 cm³/mol. The normalized spacial score (nSPS) is 17.8. The summed E-state index contributed by atoms with van der Waals surface area (Å²) < 4.78 is 0. The summed E-state index contributed by atoms with van der Waals surface area (Å²) in [5.74, 6) is -0.334. The van der Waals surface area contributed by atoms with Crippen LogP contribution in [0.2, 0.25) is 0 Å². The Morgan fingerprint density at radius 1 is 1.20 bits per heavy atom. The number of primary amides is 1. The highest BCUT2D eigenvalue weighted by Gasteiger charge is 2.28. The summed E-state index contributed by atoms with van der Waals surface area (Å²) in [7, 11) is 0. The Morgan fingerprint density at radius 2 is 2.12 bits per heavy atom. The fourth-order valence-electron chi connectivity index (χ4n) is 3.31. The molecule has 25 heavy (non-hydrogen) atoms. The maximum atomic E-state index is 11.4. The molecule has 1 aliphatic rings. The number of amides is 1. The average molecular weight is 370 g/mol. The van der Waals surface area contributed by atoms with E-state index in [9.17, 15) is 4.79 Å². The molecule has 4 rings (SSSR count). The number of nitrogens with two attached hydrogens (primary N) is 1. The molecule has 0 spiro atoms. The smallest absolute Gasteiger partial charge is 0.258 e. The van der Waals surface area contributed by atoms with Crippen molar-refractivity contribution in [2.24, 2.45) is 5.73 Å². The van der Waals surface area contributed by atoms with Crippen molar-refractivity contribution in [3.8, 4) is 10.6 Å². The number of rotatable bonds is 5. The number of thiophene rings is 2. The van der Waals surface area contributed by atoms with Crippen LogP contribution in [0.5, 0.6) is 0 Å². The zero-order valence-corrected chi connectivity index (χ0v) is 15.4. The third-order valence-electron chi connectivity index (χ3n) is 4.50. The van der Waals surface area contributed by atoms with Crippen LogP contribution in [0, 0.1) is 0 Å². The lowest BCUT2D eigenvalue weighted by atomic mass is 10.2. The van der Waals surface area contributed by atoms with E-state index in [0.29, 0.717) is 10.9 Å². The Kier molecular flexibility index (Phi) is 4.65. The van der Waals surface area contributed by atoms with Gasteiger partial charge in [0.25, 0.3) is 5.91 Å². The van der Waals surface area contributed by atoms with Crippen molar-refractivity contribution in [3.05, 3.63) is 63.3 Å². The van der Waals surface area contributed by atoms with Crippen molar-refractivity contribution in [1.29, 1.82) is 0 Å². The summed E-state index contributed by atoms with van der Waals surface area (Å²) in [6, 6.07) is 14.7. The quantitative estimate of drug-likeness (QED) is 0.729. The van der Waals surface area contributed by atoms with Crippen molar-refractivity contribution in [3.63, 3.8) is 0 Å². The number of likely N-dealkylation sites (tertiary alicyclic amines) is 1. The van der Waals surface area contributed by atoms with E-state index in [4.69, 9.17) is 5.73 Å². The van der Waals surface area contributed by atoms with Gasteiger partial charge in [-0.25, -0.2) is 0 Å². The molecule has 0 saturated carbocycles. The summed E-state index contributed by atoms with van der Waals surface area (Å²) in [4.78, 5) is 22.7. The summed E-state index contributed by atoms with van der Waals surface area (Å²) in [6.07, 6.45) is 4.16. The fraction of sp³-hybridized carbons (Fsp3) is 0.263. The summed E-state index contributed by atoms with van der Waals surface area (Å²) in [6.45, 7) is 2.03. The maximum Gasteiger partial charge on any atom is 0.258 e. The second-order valence-corrected chi connectivity index (χ2v) is 8.46. The van der Waals surface area contributed by atoms with Gasteiger partial charge in [-0.05, 0) is 55.8 Å².